The minimum atomic E-state index is -1.12. The predicted octanol–water partition coefficient (Wildman–Crippen LogP) is 5.49. The van der Waals surface area contributed by atoms with Crippen molar-refractivity contribution in [2.45, 2.75) is 78.4 Å². The lowest BCUT2D eigenvalue weighted by molar-refractivity contribution is -0.136. The second-order valence-corrected chi connectivity index (χ2v) is 11.3. The van der Waals surface area contributed by atoms with Crippen LogP contribution >= 0.6 is 0 Å². The number of benzene rings is 2. The summed E-state index contributed by atoms with van der Waals surface area (Å²) in [6.45, 7) is 10.4. The number of hydrogen-bond donors (Lipinski definition) is 3. The van der Waals surface area contributed by atoms with Crippen molar-refractivity contribution in [3.05, 3.63) is 87.3 Å². The normalized spacial score (nSPS) is 13.7. The number of hydrogen-bond acceptors (Lipinski definition) is 7. The molecule has 0 aliphatic carbocycles. The first-order valence-electron chi connectivity index (χ1n) is 14.4. The van der Waals surface area contributed by atoms with Gasteiger partial charge in [-0.2, -0.15) is 0 Å². The Morgan fingerprint density at radius 2 is 1.88 bits per heavy atom. The highest BCUT2D eigenvalue weighted by Gasteiger charge is 2.34. The van der Waals surface area contributed by atoms with E-state index in [4.69, 9.17) is 9.52 Å². The van der Waals surface area contributed by atoms with E-state index in [2.05, 4.69) is 34.8 Å². The van der Waals surface area contributed by atoms with Gasteiger partial charge < -0.3 is 20.2 Å². The van der Waals surface area contributed by atoms with Crippen molar-refractivity contribution in [3.8, 4) is 0 Å². The SMILES string of the molecule is CCCC[C@@H](C(=O)Nc1ccc2c(C)c(CC(=O)O)c(=O)oc2c1)n1cc([C@@](C)(NCc2ccc(F)cc2)C(C)C)nn1. The molecule has 0 radical (unpaired) electrons. The van der Waals surface area contributed by atoms with Crippen molar-refractivity contribution >= 4 is 28.5 Å². The van der Waals surface area contributed by atoms with E-state index in [1.165, 1.54) is 12.1 Å². The quantitative estimate of drug-likeness (QED) is 0.174. The van der Waals surface area contributed by atoms with Gasteiger partial charge in [-0.15, -0.1) is 5.10 Å². The number of nitrogens with one attached hydrogen (secondary N) is 2. The highest BCUT2D eigenvalue weighted by Crippen LogP contribution is 2.30. The Bertz CT molecular complexity index is 1660. The molecule has 2 atom stereocenters. The molecule has 43 heavy (non-hydrogen) atoms. The molecular weight excluding hydrogens is 553 g/mol. The number of fused-ring (bicyclic) bond motifs is 1. The molecule has 0 saturated carbocycles. The lowest BCUT2D eigenvalue weighted by atomic mass is 9.85. The van der Waals surface area contributed by atoms with Gasteiger partial charge in [0.05, 0.1) is 23.7 Å². The molecule has 0 spiro atoms. The molecule has 0 saturated heterocycles. The van der Waals surface area contributed by atoms with Gasteiger partial charge in [-0.3, -0.25) is 9.59 Å². The third-order valence-corrected chi connectivity index (χ3v) is 8.11. The first kappa shape index (κ1) is 31.6. The van der Waals surface area contributed by atoms with E-state index in [0.717, 1.165) is 18.4 Å². The first-order valence-corrected chi connectivity index (χ1v) is 14.4. The van der Waals surface area contributed by atoms with Crippen LogP contribution < -0.4 is 16.3 Å². The smallest absolute Gasteiger partial charge is 0.340 e. The molecule has 2 aromatic carbocycles. The molecule has 4 rings (SSSR count). The zero-order chi connectivity index (χ0) is 31.3. The number of unbranched alkanes of at least 4 members (excludes halogenated alkanes) is 1. The molecule has 10 nitrogen and oxygen atoms in total. The van der Waals surface area contributed by atoms with E-state index in [1.54, 1.807) is 48.1 Å². The third kappa shape index (κ3) is 7.16. The summed E-state index contributed by atoms with van der Waals surface area (Å²) in [7, 11) is 0. The van der Waals surface area contributed by atoms with Crippen molar-refractivity contribution in [1.29, 1.82) is 0 Å². The number of nitrogens with zero attached hydrogens (tertiary/aromatic N) is 3. The van der Waals surface area contributed by atoms with E-state index in [9.17, 15) is 18.8 Å². The number of halogens is 1. The minimum absolute atomic E-state index is 0.0963. The van der Waals surface area contributed by atoms with Gasteiger partial charge in [0.15, 0.2) is 0 Å². The Balaban J connectivity index is 1.57. The molecule has 2 heterocycles. The number of anilines is 1. The predicted molar refractivity (Wildman–Crippen MR) is 161 cm³/mol. The van der Waals surface area contributed by atoms with Crippen LogP contribution in [0.25, 0.3) is 11.0 Å². The average Bonchev–Trinajstić information content (AvgIpc) is 3.45. The van der Waals surface area contributed by atoms with E-state index in [0.29, 0.717) is 35.3 Å². The fourth-order valence-electron chi connectivity index (χ4n) is 4.98. The molecule has 0 aliphatic heterocycles. The Labute approximate surface area is 249 Å². The van der Waals surface area contributed by atoms with Crippen molar-refractivity contribution < 1.29 is 23.5 Å². The van der Waals surface area contributed by atoms with Crippen molar-refractivity contribution in [3.63, 3.8) is 0 Å². The van der Waals surface area contributed by atoms with Gasteiger partial charge in [0.25, 0.3) is 0 Å². The highest BCUT2D eigenvalue weighted by atomic mass is 19.1. The summed E-state index contributed by atoms with van der Waals surface area (Å²) in [6, 6.07) is 10.6. The summed E-state index contributed by atoms with van der Waals surface area (Å²) in [5.74, 6) is -1.59. The maximum atomic E-state index is 13.6. The van der Waals surface area contributed by atoms with Crippen LogP contribution in [-0.2, 0) is 28.1 Å². The van der Waals surface area contributed by atoms with E-state index < -0.39 is 29.6 Å². The molecule has 0 aliphatic rings. The van der Waals surface area contributed by atoms with Crippen LogP contribution in [-0.4, -0.2) is 32.0 Å². The number of carboxylic acids is 1. The Morgan fingerprint density at radius 3 is 2.53 bits per heavy atom. The van der Waals surface area contributed by atoms with Crippen molar-refractivity contribution in [2.24, 2.45) is 5.92 Å². The van der Waals surface area contributed by atoms with E-state index in [-0.39, 0.29) is 28.8 Å². The van der Waals surface area contributed by atoms with Crippen LogP contribution in [0.15, 0.2) is 57.9 Å². The number of aryl methyl sites for hydroxylation is 1. The maximum absolute atomic E-state index is 13.6. The minimum Gasteiger partial charge on any atom is -0.481 e. The highest BCUT2D eigenvalue weighted by molar-refractivity contribution is 5.96. The Hall–Kier alpha value is -4.38. The summed E-state index contributed by atoms with van der Waals surface area (Å²) >= 11 is 0. The maximum Gasteiger partial charge on any atom is 0.340 e. The van der Waals surface area contributed by atoms with Crippen molar-refractivity contribution in [1.82, 2.24) is 20.3 Å². The molecule has 11 heteroatoms. The number of carboxylic acid groups (broad SMARTS) is 1. The monoisotopic (exact) mass is 591 g/mol. The van der Waals surface area contributed by atoms with Crippen LogP contribution in [0.1, 0.15) is 75.4 Å². The topological polar surface area (TPSA) is 139 Å². The van der Waals surface area contributed by atoms with Gasteiger partial charge in [0.1, 0.15) is 23.1 Å². The Kier molecular flexibility index (Phi) is 9.75. The average molecular weight is 592 g/mol. The lowest BCUT2D eigenvalue weighted by Crippen LogP contribution is -2.44. The zero-order valence-corrected chi connectivity index (χ0v) is 25.1. The second-order valence-electron chi connectivity index (χ2n) is 11.3. The van der Waals surface area contributed by atoms with Crippen LogP contribution in [0.3, 0.4) is 0 Å². The zero-order valence-electron chi connectivity index (χ0n) is 25.1. The molecule has 3 N–H and O–H groups in total. The van der Waals surface area contributed by atoms with Crippen molar-refractivity contribution in [2.75, 3.05) is 5.32 Å². The number of amides is 1. The molecule has 0 bridgehead atoms. The molecule has 2 aromatic heterocycles. The number of carbonyl (C=O) groups excluding carboxylic acids is 1. The number of carbonyl (C=O) groups is 2. The summed E-state index contributed by atoms with van der Waals surface area (Å²) in [6.07, 6.45) is 3.57. The fraction of sp³-hybridized carbons (Fsp3) is 0.406. The first-order chi connectivity index (χ1) is 20.4. The number of aromatic nitrogens is 3. The second kappa shape index (κ2) is 13.3. The van der Waals surface area contributed by atoms with E-state index in [1.807, 2.05) is 13.8 Å². The van der Waals surface area contributed by atoms with Gasteiger partial charge in [0.2, 0.25) is 5.91 Å². The number of rotatable bonds is 13. The van der Waals surface area contributed by atoms with Gasteiger partial charge >= 0.3 is 11.6 Å². The Morgan fingerprint density at radius 1 is 1.16 bits per heavy atom. The van der Waals surface area contributed by atoms with Crippen LogP contribution in [0.5, 0.6) is 0 Å². The summed E-state index contributed by atoms with van der Waals surface area (Å²) < 4.78 is 20.4. The fourth-order valence-corrected chi connectivity index (χ4v) is 4.98. The lowest BCUT2D eigenvalue weighted by Gasteiger charge is -2.33. The summed E-state index contributed by atoms with van der Waals surface area (Å²) in [5, 5.41) is 25.0. The van der Waals surface area contributed by atoms with Crippen LogP contribution in [0.2, 0.25) is 0 Å². The van der Waals surface area contributed by atoms with E-state index >= 15 is 0 Å². The molecular formula is C32H38FN5O5. The van der Waals surface area contributed by atoms with Gasteiger partial charge in [0, 0.05) is 23.7 Å². The van der Waals surface area contributed by atoms with Crippen LogP contribution in [0, 0.1) is 18.7 Å². The summed E-state index contributed by atoms with van der Waals surface area (Å²) in [4.78, 5) is 37.2. The standard InChI is InChI=1S/C32H38FN5O5/c1-6-7-8-26(30(41)35-23-13-14-24-20(4)25(16-29(39)40)31(42)43-27(24)15-23)38-18-28(36-37-38)32(5,19(2)3)34-17-21-9-11-22(33)12-10-21/h9-15,18-19,26,34H,6-8,16-17H2,1-5H3,(H,35,41)(H,39,40)/t26-,32-/m0/s1. The molecule has 228 valence electrons. The molecule has 0 unspecified atom stereocenters. The van der Waals surface area contributed by atoms with Crippen LogP contribution in [0.4, 0.5) is 10.1 Å². The van der Waals surface area contributed by atoms with Gasteiger partial charge in [-0.05, 0) is 61.6 Å². The molecule has 0 fully saturated rings. The molecule has 1 amide bonds. The summed E-state index contributed by atoms with van der Waals surface area (Å²) in [5.41, 5.74) is 1.63. The van der Waals surface area contributed by atoms with Gasteiger partial charge in [-0.1, -0.05) is 51.0 Å². The van der Waals surface area contributed by atoms with Gasteiger partial charge in [-0.25, -0.2) is 13.9 Å². The third-order valence-electron chi connectivity index (χ3n) is 8.11. The molecule has 4 aromatic rings. The largest absolute Gasteiger partial charge is 0.481 e. The number of aliphatic carboxylic acids is 1.